The Bertz CT molecular complexity index is 571. The van der Waals surface area contributed by atoms with E-state index in [0.29, 0.717) is 18.3 Å². The quantitative estimate of drug-likeness (QED) is 0.337. The van der Waals surface area contributed by atoms with Gasteiger partial charge < -0.3 is 0 Å². The fourth-order valence-corrected chi connectivity index (χ4v) is 3.95. The molecule has 0 radical (unpaired) electrons. The third kappa shape index (κ3) is 5.87. The van der Waals surface area contributed by atoms with Crippen molar-refractivity contribution < 1.29 is 4.79 Å². The van der Waals surface area contributed by atoms with Crippen LogP contribution in [0.3, 0.4) is 0 Å². The number of hydrogen-bond donors (Lipinski definition) is 0. The molecule has 0 aliphatic heterocycles. The third-order valence-electron chi connectivity index (χ3n) is 4.57. The van der Waals surface area contributed by atoms with Gasteiger partial charge in [0.25, 0.3) is 0 Å². The van der Waals surface area contributed by atoms with Gasteiger partial charge in [-0.15, -0.1) is 0 Å². The summed E-state index contributed by atoms with van der Waals surface area (Å²) in [5.74, 6) is 1.21. The molecule has 1 aliphatic rings. The fourth-order valence-electron chi connectivity index (χ4n) is 3.32. The number of rotatable bonds is 7. The summed E-state index contributed by atoms with van der Waals surface area (Å²) < 4.78 is 0. The van der Waals surface area contributed by atoms with Crippen LogP contribution in [0.5, 0.6) is 0 Å². The van der Waals surface area contributed by atoms with Gasteiger partial charge in [-0.3, -0.25) is 4.79 Å². The second kappa shape index (κ2) is 9.57. The van der Waals surface area contributed by atoms with E-state index in [-0.39, 0.29) is 5.78 Å². The van der Waals surface area contributed by atoms with Crippen LogP contribution < -0.4 is 0 Å². The maximum absolute atomic E-state index is 11.7. The first kappa shape index (κ1) is 17.8. The topological polar surface area (TPSA) is 17.1 Å². The molecule has 1 nitrogen and oxygen atoms in total. The zero-order valence-electron chi connectivity index (χ0n) is 13.9. The van der Waals surface area contributed by atoms with E-state index in [1.54, 1.807) is 11.8 Å². The van der Waals surface area contributed by atoms with Crippen molar-refractivity contribution in [2.24, 2.45) is 11.8 Å². The lowest BCUT2D eigenvalue weighted by molar-refractivity contribution is -0.115. The zero-order chi connectivity index (χ0) is 16.5. The number of ketones is 1. The van der Waals surface area contributed by atoms with Gasteiger partial charge in [0.15, 0.2) is 5.78 Å². The highest BCUT2D eigenvalue weighted by atomic mass is 32.2. The lowest BCUT2D eigenvalue weighted by Crippen LogP contribution is -2.22. The van der Waals surface area contributed by atoms with Crippen LogP contribution in [0.25, 0.3) is 0 Å². The predicted octanol–water partition coefficient (Wildman–Crippen LogP) is 6.19. The van der Waals surface area contributed by atoms with E-state index >= 15 is 0 Å². The molecule has 1 aromatic rings. The largest absolute Gasteiger partial charge is 0.295 e. The highest BCUT2D eigenvalue weighted by Crippen LogP contribution is 2.37. The Hall–Kier alpha value is -1.54. The summed E-state index contributed by atoms with van der Waals surface area (Å²) in [6.07, 6.45) is 11.4. The van der Waals surface area contributed by atoms with Crippen molar-refractivity contribution in [3.05, 3.63) is 66.1 Å². The molecule has 2 rings (SSSR count). The third-order valence-corrected chi connectivity index (χ3v) is 5.41. The maximum Gasteiger partial charge on any atom is 0.155 e. The molecule has 0 aromatic heterocycles. The highest BCUT2D eigenvalue weighted by molar-refractivity contribution is 8.02. The molecule has 2 atom stereocenters. The maximum atomic E-state index is 11.7. The van der Waals surface area contributed by atoms with E-state index in [1.807, 2.05) is 6.07 Å². The summed E-state index contributed by atoms with van der Waals surface area (Å²) >= 11 is 1.73. The van der Waals surface area contributed by atoms with E-state index in [0.717, 1.165) is 6.42 Å². The Labute approximate surface area is 144 Å². The second-order valence-corrected chi connectivity index (χ2v) is 7.17. The van der Waals surface area contributed by atoms with E-state index in [2.05, 4.69) is 55.3 Å². The molecule has 1 fully saturated rings. The molecule has 0 saturated heterocycles. The number of allylic oxidation sites excluding steroid dienone is 4. The molecular weight excluding hydrogens is 300 g/mol. The monoisotopic (exact) mass is 326 g/mol. The molecule has 0 bridgehead atoms. The first-order valence-electron chi connectivity index (χ1n) is 8.41. The van der Waals surface area contributed by atoms with Gasteiger partial charge in [0.05, 0.1) is 0 Å². The average molecular weight is 327 g/mol. The van der Waals surface area contributed by atoms with Crippen LogP contribution in [-0.2, 0) is 4.79 Å². The fraction of sp³-hybridized carbons (Fsp3) is 0.381. The first-order valence-corrected chi connectivity index (χ1v) is 9.29. The summed E-state index contributed by atoms with van der Waals surface area (Å²) in [7, 11) is 0. The molecule has 0 heterocycles. The average Bonchev–Trinajstić information content (AvgIpc) is 2.59. The van der Waals surface area contributed by atoms with Crippen molar-refractivity contribution in [3.8, 4) is 0 Å². The summed E-state index contributed by atoms with van der Waals surface area (Å²) in [6.45, 7) is 5.81. The minimum absolute atomic E-state index is 0.185. The van der Waals surface area contributed by atoms with Crippen molar-refractivity contribution in [2.75, 3.05) is 0 Å². The van der Waals surface area contributed by atoms with Crippen molar-refractivity contribution in [2.45, 2.75) is 43.9 Å². The SMILES string of the molecule is C=CC(=O)C[C@H]1CCCC[C@@H]1/C(C)=C/C=C/Sc1ccccc1. The number of hydrogen-bond acceptors (Lipinski definition) is 2. The van der Waals surface area contributed by atoms with Gasteiger partial charge in [0.1, 0.15) is 0 Å². The van der Waals surface area contributed by atoms with Crippen LogP contribution >= 0.6 is 11.8 Å². The lowest BCUT2D eigenvalue weighted by Gasteiger charge is -2.31. The molecule has 0 amide bonds. The zero-order valence-corrected chi connectivity index (χ0v) is 14.7. The van der Waals surface area contributed by atoms with Gasteiger partial charge in [-0.2, -0.15) is 0 Å². The van der Waals surface area contributed by atoms with E-state index in [1.165, 1.54) is 35.8 Å². The van der Waals surface area contributed by atoms with Gasteiger partial charge in [0, 0.05) is 11.3 Å². The molecule has 2 heteroatoms. The Morgan fingerprint density at radius 3 is 2.74 bits per heavy atom. The van der Waals surface area contributed by atoms with Gasteiger partial charge in [-0.1, -0.05) is 67.1 Å². The van der Waals surface area contributed by atoms with Crippen LogP contribution in [0.2, 0.25) is 0 Å². The molecular formula is C21H26OS. The van der Waals surface area contributed by atoms with Gasteiger partial charge in [0.2, 0.25) is 0 Å². The molecule has 0 N–H and O–H groups in total. The molecule has 1 aliphatic carbocycles. The highest BCUT2D eigenvalue weighted by Gasteiger charge is 2.27. The second-order valence-electron chi connectivity index (χ2n) is 6.20. The Morgan fingerprint density at radius 2 is 2.00 bits per heavy atom. The molecule has 1 saturated carbocycles. The van der Waals surface area contributed by atoms with Crippen LogP contribution in [-0.4, -0.2) is 5.78 Å². The number of carbonyl (C=O) groups excluding carboxylic acids is 1. The Kier molecular flexibility index (Phi) is 7.41. The van der Waals surface area contributed by atoms with Gasteiger partial charge in [-0.05, 0) is 55.2 Å². The molecule has 122 valence electrons. The minimum atomic E-state index is 0.185. The predicted molar refractivity (Wildman–Crippen MR) is 100 cm³/mol. The van der Waals surface area contributed by atoms with Crippen LogP contribution in [0.4, 0.5) is 0 Å². The molecule has 0 unspecified atom stereocenters. The van der Waals surface area contributed by atoms with E-state index in [9.17, 15) is 4.79 Å². The van der Waals surface area contributed by atoms with Crippen LogP contribution in [0, 0.1) is 11.8 Å². The molecule has 1 aromatic carbocycles. The standard InChI is InChI=1S/C21H26OS/c1-3-19(22)16-18-11-7-8-14-21(18)17(2)10-9-15-23-20-12-5-4-6-13-20/h3-6,9-10,12-13,15,18,21H,1,7-8,11,14,16H2,2H3/b15-9+,17-10+/t18-,21-/m1/s1. The van der Waals surface area contributed by atoms with Crippen molar-refractivity contribution >= 4 is 17.5 Å². The molecule has 0 spiro atoms. The Morgan fingerprint density at radius 1 is 1.26 bits per heavy atom. The van der Waals surface area contributed by atoms with Gasteiger partial charge in [-0.25, -0.2) is 0 Å². The van der Waals surface area contributed by atoms with Crippen LogP contribution in [0.15, 0.2) is 71.0 Å². The summed E-state index contributed by atoms with van der Waals surface area (Å²) in [4.78, 5) is 13.0. The summed E-state index contributed by atoms with van der Waals surface area (Å²) in [5.41, 5.74) is 1.40. The molecule has 23 heavy (non-hydrogen) atoms. The normalized spacial score (nSPS) is 22.2. The summed E-state index contributed by atoms with van der Waals surface area (Å²) in [5, 5.41) is 2.13. The first-order chi connectivity index (χ1) is 11.2. The van der Waals surface area contributed by atoms with Crippen molar-refractivity contribution in [3.63, 3.8) is 0 Å². The van der Waals surface area contributed by atoms with E-state index < -0.39 is 0 Å². The number of benzene rings is 1. The van der Waals surface area contributed by atoms with Crippen LogP contribution in [0.1, 0.15) is 39.0 Å². The van der Waals surface area contributed by atoms with Crippen molar-refractivity contribution in [1.82, 2.24) is 0 Å². The van der Waals surface area contributed by atoms with E-state index in [4.69, 9.17) is 0 Å². The Balaban J connectivity index is 1.94. The lowest BCUT2D eigenvalue weighted by atomic mass is 9.73. The smallest absolute Gasteiger partial charge is 0.155 e. The summed E-state index contributed by atoms with van der Waals surface area (Å²) in [6, 6.07) is 10.4. The number of thioether (sulfide) groups is 1. The number of carbonyl (C=O) groups is 1. The van der Waals surface area contributed by atoms with Crippen molar-refractivity contribution in [1.29, 1.82) is 0 Å². The van der Waals surface area contributed by atoms with Gasteiger partial charge >= 0.3 is 0 Å². The minimum Gasteiger partial charge on any atom is -0.295 e.